The molecule has 0 fully saturated rings. The molecule has 4 atom stereocenters. The van der Waals surface area contributed by atoms with Crippen LogP contribution in [0.1, 0.15) is 44.6 Å². The lowest BCUT2D eigenvalue weighted by atomic mass is 9.87. The molecule has 0 radical (unpaired) electrons. The number of nitrogens with zero attached hydrogens (tertiary/aromatic N) is 2. The van der Waals surface area contributed by atoms with Crippen molar-refractivity contribution in [3.05, 3.63) is 48.0 Å². The van der Waals surface area contributed by atoms with E-state index in [2.05, 4.69) is 27.4 Å². The van der Waals surface area contributed by atoms with Crippen molar-refractivity contribution in [3.8, 4) is 0 Å². The fraction of sp³-hybridized carbons (Fsp3) is 0.478. The van der Waals surface area contributed by atoms with Gasteiger partial charge in [-0.25, -0.2) is 0 Å². The molecule has 5 heteroatoms. The summed E-state index contributed by atoms with van der Waals surface area (Å²) in [7, 11) is 0. The number of carbonyl (C=O) groups excluding carboxylic acids is 2. The van der Waals surface area contributed by atoms with Crippen LogP contribution < -0.4 is 5.32 Å². The molecule has 0 saturated carbocycles. The normalized spacial score (nSPS) is 26.8. The highest BCUT2D eigenvalue weighted by molar-refractivity contribution is 6.06. The van der Waals surface area contributed by atoms with E-state index < -0.39 is 6.04 Å². The molecule has 0 aliphatic carbocycles. The molecule has 2 heterocycles. The molecule has 0 spiro atoms. The molecular formula is C23H29N3O2. The second-order valence-electron chi connectivity index (χ2n) is 7.61. The summed E-state index contributed by atoms with van der Waals surface area (Å²) in [4.78, 5) is 33.8. The molecule has 4 unspecified atom stereocenters. The molecule has 0 bridgehead atoms. The topological polar surface area (TPSA) is 70.9 Å². The number of nitrogens with one attached hydrogen (secondary N) is 1. The van der Waals surface area contributed by atoms with Crippen molar-refractivity contribution in [2.24, 2.45) is 15.9 Å². The number of ketones is 1. The molecular weight excluding hydrogens is 350 g/mol. The molecule has 1 aromatic carbocycles. The molecule has 3 rings (SSSR count). The van der Waals surface area contributed by atoms with Crippen LogP contribution in [-0.2, 0) is 16.0 Å². The SMILES string of the molecule is CC1C(=O)C(NC(=O)/C=C\CCc2ccccc2)C=NC1CCC1CCC=N1. The lowest BCUT2D eigenvalue weighted by Crippen LogP contribution is -2.49. The lowest BCUT2D eigenvalue weighted by molar-refractivity contribution is -0.127. The van der Waals surface area contributed by atoms with Gasteiger partial charge in [0, 0.05) is 18.2 Å². The van der Waals surface area contributed by atoms with Crippen LogP contribution in [0.3, 0.4) is 0 Å². The molecule has 5 nitrogen and oxygen atoms in total. The van der Waals surface area contributed by atoms with E-state index in [1.54, 1.807) is 6.21 Å². The molecule has 1 aromatic rings. The monoisotopic (exact) mass is 379 g/mol. The summed E-state index contributed by atoms with van der Waals surface area (Å²) in [6.07, 6.45) is 12.6. The second-order valence-corrected chi connectivity index (χ2v) is 7.61. The number of allylic oxidation sites excluding steroid dienone is 1. The summed E-state index contributed by atoms with van der Waals surface area (Å²) in [5, 5.41) is 2.77. The van der Waals surface area contributed by atoms with Gasteiger partial charge in [-0.15, -0.1) is 0 Å². The fourth-order valence-electron chi connectivity index (χ4n) is 3.74. The zero-order chi connectivity index (χ0) is 19.8. The first-order chi connectivity index (χ1) is 13.6. The van der Waals surface area contributed by atoms with Gasteiger partial charge in [0.15, 0.2) is 5.78 Å². The number of Topliss-reactive ketones (excluding diaryl/α,β-unsaturated/α-hetero) is 1. The first kappa shape index (κ1) is 20.2. The summed E-state index contributed by atoms with van der Waals surface area (Å²) in [5.74, 6) is -0.382. The Hall–Kier alpha value is -2.56. The van der Waals surface area contributed by atoms with Crippen LogP contribution in [0.25, 0.3) is 0 Å². The lowest BCUT2D eigenvalue weighted by Gasteiger charge is -2.28. The number of aliphatic imine (C=N–C) groups is 2. The van der Waals surface area contributed by atoms with Gasteiger partial charge in [-0.3, -0.25) is 19.6 Å². The van der Waals surface area contributed by atoms with Gasteiger partial charge < -0.3 is 5.32 Å². The Morgan fingerprint density at radius 3 is 2.79 bits per heavy atom. The average molecular weight is 380 g/mol. The quantitative estimate of drug-likeness (QED) is 0.704. The molecule has 2 aliphatic rings. The highest BCUT2D eigenvalue weighted by atomic mass is 16.2. The van der Waals surface area contributed by atoms with Crippen molar-refractivity contribution in [3.63, 3.8) is 0 Å². The van der Waals surface area contributed by atoms with E-state index in [1.165, 1.54) is 11.6 Å². The van der Waals surface area contributed by atoms with Crippen molar-refractivity contribution in [2.75, 3.05) is 0 Å². The summed E-state index contributed by atoms with van der Waals surface area (Å²) < 4.78 is 0. The minimum Gasteiger partial charge on any atom is -0.338 e. The molecule has 148 valence electrons. The number of amides is 1. The Morgan fingerprint density at radius 1 is 1.21 bits per heavy atom. The Labute approximate surface area is 167 Å². The number of hydrogen-bond acceptors (Lipinski definition) is 4. The van der Waals surface area contributed by atoms with Crippen molar-refractivity contribution in [1.82, 2.24) is 5.32 Å². The van der Waals surface area contributed by atoms with Gasteiger partial charge >= 0.3 is 0 Å². The summed E-state index contributed by atoms with van der Waals surface area (Å²) >= 11 is 0. The maximum Gasteiger partial charge on any atom is 0.244 e. The van der Waals surface area contributed by atoms with Crippen LogP contribution in [0.2, 0.25) is 0 Å². The van der Waals surface area contributed by atoms with Gasteiger partial charge in [0.25, 0.3) is 0 Å². The summed E-state index contributed by atoms with van der Waals surface area (Å²) in [6.45, 7) is 1.91. The standard InChI is InChI=1S/C23H29N3O2/c1-17-20(14-13-19-11-7-15-24-19)25-16-21(23(17)28)26-22(27)12-6-5-10-18-8-3-2-4-9-18/h2-4,6,8-9,12,15-17,19-21H,5,7,10-11,13-14H2,1H3,(H,26,27)/b12-6-. The van der Waals surface area contributed by atoms with Gasteiger partial charge in [0.2, 0.25) is 5.91 Å². The van der Waals surface area contributed by atoms with Crippen molar-refractivity contribution < 1.29 is 9.59 Å². The fourth-order valence-corrected chi connectivity index (χ4v) is 3.74. The van der Waals surface area contributed by atoms with Gasteiger partial charge in [0.1, 0.15) is 6.04 Å². The van der Waals surface area contributed by atoms with Crippen LogP contribution in [0, 0.1) is 5.92 Å². The summed E-state index contributed by atoms with van der Waals surface area (Å²) in [5.41, 5.74) is 1.24. The second kappa shape index (κ2) is 10.1. The van der Waals surface area contributed by atoms with E-state index in [1.807, 2.05) is 37.4 Å². The minimum atomic E-state index is -0.623. The third kappa shape index (κ3) is 5.72. The molecule has 1 amide bonds. The van der Waals surface area contributed by atoms with Gasteiger partial charge in [-0.05, 0) is 56.4 Å². The van der Waals surface area contributed by atoms with Crippen LogP contribution in [0.15, 0.2) is 52.5 Å². The van der Waals surface area contributed by atoms with Crippen LogP contribution >= 0.6 is 0 Å². The van der Waals surface area contributed by atoms with Crippen molar-refractivity contribution >= 4 is 24.1 Å². The predicted octanol–water partition coefficient (Wildman–Crippen LogP) is 3.33. The summed E-state index contributed by atoms with van der Waals surface area (Å²) in [6, 6.07) is 9.91. The van der Waals surface area contributed by atoms with Crippen LogP contribution in [-0.4, -0.2) is 42.2 Å². The first-order valence-corrected chi connectivity index (χ1v) is 10.2. The van der Waals surface area contributed by atoms with Crippen LogP contribution in [0.4, 0.5) is 0 Å². The maximum atomic E-state index is 12.6. The van der Waals surface area contributed by atoms with Gasteiger partial charge in [-0.1, -0.05) is 43.3 Å². The number of hydrogen-bond donors (Lipinski definition) is 1. The van der Waals surface area contributed by atoms with Crippen molar-refractivity contribution in [2.45, 2.75) is 63.6 Å². The molecule has 0 aromatic heterocycles. The zero-order valence-electron chi connectivity index (χ0n) is 16.5. The largest absolute Gasteiger partial charge is 0.338 e. The van der Waals surface area contributed by atoms with E-state index in [0.29, 0.717) is 6.04 Å². The van der Waals surface area contributed by atoms with E-state index in [-0.39, 0.29) is 23.7 Å². The number of carbonyl (C=O) groups is 2. The number of benzene rings is 1. The van der Waals surface area contributed by atoms with E-state index in [9.17, 15) is 9.59 Å². The van der Waals surface area contributed by atoms with Crippen molar-refractivity contribution in [1.29, 1.82) is 0 Å². The molecule has 28 heavy (non-hydrogen) atoms. The predicted molar refractivity (Wildman–Crippen MR) is 113 cm³/mol. The Balaban J connectivity index is 1.43. The van der Waals surface area contributed by atoms with Gasteiger partial charge in [0.05, 0.1) is 6.04 Å². The van der Waals surface area contributed by atoms with Gasteiger partial charge in [-0.2, -0.15) is 0 Å². The average Bonchev–Trinajstić information content (AvgIpc) is 3.23. The molecule has 2 aliphatic heterocycles. The minimum absolute atomic E-state index is 0.00198. The van der Waals surface area contributed by atoms with Crippen LogP contribution in [0.5, 0.6) is 0 Å². The first-order valence-electron chi connectivity index (χ1n) is 10.2. The van der Waals surface area contributed by atoms with E-state index in [4.69, 9.17) is 0 Å². The molecule has 1 N–H and O–H groups in total. The van der Waals surface area contributed by atoms with E-state index in [0.717, 1.165) is 38.5 Å². The highest BCUT2D eigenvalue weighted by Crippen LogP contribution is 2.23. The molecule has 0 saturated heterocycles. The third-order valence-electron chi connectivity index (χ3n) is 5.51. The number of rotatable bonds is 8. The smallest absolute Gasteiger partial charge is 0.244 e. The maximum absolute atomic E-state index is 12.6. The Bertz CT molecular complexity index is 754. The zero-order valence-corrected chi connectivity index (χ0v) is 16.5. The Morgan fingerprint density at radius 2 is 2.04 bits per heavy atom. The number of aryl methyl sites for hydroxylation is 1. The Kier molecular flexibility index (Phi) is 7.29. The highest BCUT2D eigenvalue weighted by Gasteiger charge is 2.33. The third-order valence-corrected chi connectivity index (χ3v) is 5.51. The van der Waals surface area contributed by atoms with E-state index >= 15 is 0 Å².